The van der Waals surface area contributed by atoms with Gasteiger partial charge in [0.2, 0.25) is 5.91 Å². The van der Waals surface area contributed by atoms with Gasteiger partial charge in [-0.05, 0) is 82.4 Å². The second-order valence-electron chi connectivity index (χ2n) is 12.4. The number of amidine groups is 1. The third kappa shape index (κ3) is 9.86. The maximum Gasteiger partial charge on any atom is 0.408 e. The number of likely N-dealkylation sites (tertiary alicyclic amines) is 2. The normalized spacial score (nSPS) is 19.5. The summed E-state index contributed by atoms with van der Waals surface area (Å²) in [5, 5.41) is 2.68. The number of ether oxygens (including phenoxy) is 2. The van der Waals surface area contributed by atoms with E-state index in [1.165, 1.54) is 4.90 Å². The molecule has 3 atom stereocenters. The summed E-state index contributed by atoms with van der Waals surface area (Å²) in [7, 11) is 0. The van der Waals surface area contributed by atoms with Crippen molar-refractivity contribution in [2.24, 2.45) is 28.3 Å². The molecule has 2 heterocycles. The van der Waals surface area contributed by atoms with Crippen molar-refractivity contribution in [1.82, 2.24) is 15.1 Å². The molecule has 1 aromatic carbocycles. The number of aliphatic imine (C=N–C) groups is 1. The summed E-state index contributed by atoms with van der Waals surface area (Å²) < 4.78 is 11.4. The highest BCUT2D eigenvalue weighted by Crippen LogP contribution is 2.29. The lowest BCUT2D eigenvalue weighted by atomic mass is 9.84. The Morgan fingerprint density at radius 1 is 1.05 bits per heavy atom. The number of nitrogens with zero attached hydrogens (tertiary/aromatic N) is 3. The molecule has 0 radical (unpaired) electrons. The van der Waals surface area contributed by atoms with Crippen molar-refractivity contribution in [2.45, 2.75) is 90.8 Å². The number of rotatable bonds is 10. The van der Waals surface area contributed by atoms with Crippen LogP contribution in [0.2, 0.25) is 0 Å². The molecule has 5 amide bonds. The predicted molar refractivity (Wildman–Crippen MR) is 163 cm³/mol. The van der Waals surface area contributed by atoms with E-state index in [1.54, 1.807) is 49.9 Å². The Bertz CT molecular complexity index is 1160. The zero-order valence-corrected chi connectivity index (χ0v) is 26.1. The molecule has 12 nitrogen and oxygen atoms in total. The van der Waals surface area contributed by atoms with Crippen LogP contribution >= 0.6 is 0 Å². The number of benzene rings is 1. The summed E-state index contributed by atoms with van der Waals surface area (Å²) >= 11 is 0. The lowest BCUT2D eigenvalue weighted by Gasteiger charge is -2.34. The van der Waals surface area contributed by atoms with Crippen molar-refractivity contribution in [2.75, 3.05) is 26.2 Å². The monoisotopic (exact) mass is 600 g/mol. The molecule has 2 saturated heterocycles. The average molecular weight is 601 g/mol. The van der Waals surface area contributed by atoms with Crippen LogP contribution in [-0.4, -0.2) is 77.5 Å². The number of nitrogens with one attached hydrogen (secondary N) is 1. The maximum atomic E-state index is 13.5. The topological polar surface area (TPSA) is 170 Å². The fourth-order valence-electron chi connectivity index (χ4n) is 5.49. The average Bonchev–Trinajstić information content (AvgIpc) is 3.46. The Kier molecular flexibility index (Phi) is 11.8. The summed E-state index contributed by atoms with van der Waals surface area (Å²) in [5.74, 6) is 0.925. The van der Waals surface area contributed by atoms with Crippen LogP contribution in [0.25, 0.3) is 0 Å². The van der Waals surface area contributed by atoms with Crippen molar-refractivity contribution in [1.29, 1.82) is 0 Å². The van der Waals surface area contributed by atoms with E-state index in [0.29, 0.717) is 74.5 Å². The van der Waals surface area contributed by atoms with Crippen LogP contribution in [0.5, 0.6) is 5.75 Å². The number of piperidine rings is 1. The smallest absolute Gasteiger partial charge is 0.408 e. The van der Waals surface area contributed by atoms with E-state index in [-0.39, 0.29) is 6.03 Å². The first-order valence-electron chi connectivity index (χ1n) is 15.2. The van der Waals surface area contributed by atoms with Crippen LogP contribution in [0.1, 0.15) is 84.7 Å². The van der Waals surface area contributed by atoms with Crippen LogP contribution in [0, 0.1) is 11.8 Å². The number of primary amides is 1. The molecule has 238 valence electrons. The van der Waals surface area contributed by atoms with Gasteiger partial charge in [-0.15, -0.1) is 0 Å². The van der Waals surface area contributed by atoms with E-state index in [0.717, 1.165) is 19.3 Å². The number of hydrogen-bond donors (Lipinski definition) is 3. The molecule has 0 aliphatic carbocycles. The predicted octanol–water partition coefficient (Wildman–Crippen LogP) is 3.73. The molecule has 5 N–H and O–H groups in total. The van der Waals surface area contributed by atoms with E-state index < -0.39 is 35.6 Å². The first kappa shape index (κ1) is 33.7. The van der Waals surface area contributed by atoms with E-state index in [9.17, 15) is 19.2 Å². The number of carbonyl (C=O) groups excluding carboxylic acids is 4. The highest BCUT2D eigenvalue weighted by molar-refractivity contribution is 5.93. The number of amides is 5. The molecule has 0 aromatic heterocycles. The molecule has 0 spiro atoms. The Morgan fingerprint density at radius 2 is 1.70 bits per heavy atom. The second-order valence-corrected chi connectivity index (χ2v) is 12.4. The summed E-state index contributed by atoms with van der Waals surface area (Å²) in [4.78, 5) is 57.5. The number of hydrogen-bond acceptors (Lipinski definition) is 6. The van der Waals surface area contributed by atoms with Gasteiger partial charge < -0.3 is 36.1 Å². The van der Waals surface area contributed by atoms with Gasteiger partial charge in [-0.25, -0.2) is 9.59 Å². The Morgan fingerprint density at radius 3 is 2.28 bits per heavy atom. The van der Waals surface area contributed by atoms with Gasteiger partial charge in [0.05, 0.1) is 6.61 Å². The summed E-state index contributed by atoms with van der Waals surface area (Å²) in [5.41, 5.74) is 11.0. The largest absolute Gasteiger partial charge is 0.494 e. The van der Waals surface area contributed by atoms with E-state index >= 15 is 0 Å². The van der Waals surface area contributed by atoms with Crippen LogP contribution in [0.15, 0.2) is 29.3 Å². The first-order chi connectivity index (χ1) is 20.3. The number of alkyl carbamates (subject to hydrolysis) is 1. The second kappa shape index (κ2) is 15.1. The number of urea groups is 1. The minimum atomic E-state index is -1.05. The molecule has 0 bridgehead atoms. The molecule has 12 heteroatoms. The molecule has 0 unspecified atom stereocenters. The molecular formula is C31H48N6O6. The van der Waals surface area contributed by atoms with Crippen molar-refractivity contribution in [3.8, 4) is 5.75 Å². The van der Waals surface area contributed by atoms with Crippen LogP contribution in [0.3, 0.4) is 0 Å². The molecule has 43 heavy (non-hydrogen) atoms. The fraction of sp³-hybridized carbons (Fsp3) is 0.645. The third-order valence-electron chi connectivity index (χ3n) is 8.04. The highest BCUT2D eigenvalue weighted by atomic mass is 16.6. The molecule has 2 aliphatic heterocycles. The van der Waals surface area contributed by atoms with Gasteiger partial charge in [0.15, 0.2) is 0 Å². The van der Waals surface area contributed by atoms with Gasteiger partial charge in [0, 0.05) is 26.1 Å². The summed E-state index contributed by atoms with van der Waals surface area (Å²) in [6.07, 6.45) is 3.65. The minimum Gasteiger partial charge on any atom is -0.494 e. The van der Waals surface area contributed by atoms with Crippen LogP contribution in [0.4, 0.5) is 9.59 Å². The maximum absolute atomic E-state index is 13.5. The molecular weight excluding hydrogens is 552 g/mol. The summed E-state index contributed by atoms with van der Waals surface area (Å²) in [6, 6.07) is 4.98. The molecule has 0 saturated carbocycles. The zero-order chi connectivity index (χ0) is 31.7. The highest BCUT2D eigenvalue weighted by Gasteiger charge is 2.38. The van der Waals surface area contributed by atoms with Crippen molar-refractivity contribution in [3.63, 3.8) is 0 Å². The van der Waals surface area contributed by atoms with Gasteiger partial charge >= 0.3 is 12.1 Å². The Labute approximate surface area is 254 Å². The van der Waals surface area contributed by atoms with Crippen molar-refractivity contribution in [3.05, 3.63) is 29.8 Å². The quantitative estimate of drug-likeness (QED) is 0.271. The third-order valence-corrected chi connectivity index (χ3v) is 8.04. The van der Waals surface area contributed by atoms with Crippen LogP contribution < -0.4 is 21.5 Å². The van der Waals surface area contributed by atoms with Gasteiger partial charge in [-0.2, -0.15) is 4.99 Å². The Hall–Kier alpha value is -3.83. The Balaban J connectivity index is 1.57. The molecule has 2 fully saturated rings. The minimum absolute atomic E-state index is 0.254. The van der Waals surface area contributed by atoms with Crippen LogP contribution in [-0.2, 0) is 14.3 Å². The van der Waals surface area contributed by atoms with Crippen molar-refractivity contribution >= 4 is 29.8 Å². The lowest BCUT2D eigenvalue weighted by molar-refractivity contribution is -0.139. The van der Waals surface area contributed by atoms with Gasteiger partial charge in [0.1, 0.15) is 29.3 Å². The SMILES string of the molecule is CC/C(N)=N/C(=O)N1CCC([C@H](C)CCOc2ccc([C@H](NC(=O)OC(C)(C)C)C(=O)N3CCC[C@H]3C(N)=O)cc2)CC1. The van der Waals surface area contributed by atoms with Gasteiger partial charge in [-0.3, -0.25) is 9.59 Å². The summed E-state index contributed by atoms with van der Waals surface area (Å²) in [6.45, 7) is 11.5. The van der Waals surface area contributed by atoms with Gasteiger partial charge in [0.25, 0.3) is 5.91 Å². The lowest BCUT2D eigenvalue weighted by Crippen LogP contribution is -2.49. The standard InChI is InChI=1S/C31H48N6O6/c1-6-25(32)34-29(40)36-17-13-21(14-18-36)20(2)15-19-42-23-11-9-22(10-12-23)26(35-30(41)43-31(3,4)5)28(39)37-16-7-8-24(37)27(33)38/h9-12,20-21,24,26H,6-8,13-19H2,1-5H3,(H2,33,38)(H,35,41)(H2,32,34,40)/t20-,24+,26+/m1/s1. The first-order valence-corrected chi connectivity index (χ1v) is 15.2. The zero-order valence-electron chi connectivity index (χ0n) is 26.1. The molecule has 3 rings (SSSR count). The van der Waals surface area contributed by atoms with E-state index in [4.69, 9.17) is 20.9 Å². The van der Waals surface area contributed by atoms with E-state index in [2.05, 4.69) is 17.2 Å². The number of carbonyl (C=O) groups is 4. The van der Waals surface area contributed by atoms with Gasteiger partial charge in [-0.1, -0.05) is 26.0 Å². The molecule has 1 aromatic rings. The number of nitrogens with two attached hydrogens (primary N) is 2. The molecule has 2 aliphatic rings. The van der Waals surface area contributed by atoms with E-state index in [1.807, 2.05) is 6.92 Å². The van der Waals surface area contributed by atoms with Crippen molar-refractivity contribution < 1.29 is 28.7 Å². The fourth-order valence-corrected chi connectivity index (χ4v) is 5.49.